The predicted molar refractivity (Wildman–Crippen MR) is 78.3 cm³/mol. The quantitative estimate of drug-likeness (QED) is 0.816. The Hall–Kier alpha value is -1.83. The molecule has 2 aromatic heterocycles. The molecule has 7 nitrogen and oxygen atoms in total. The van der Waals surface area contributed by atoms with Gasteiger partial charge in [-0.2, -0.15) is 0 Å². The number of rotatable bonds is 5. The van der Waals surface area contributed by atoms with Crippen molar-refractivity contribution < 1.29 is 0 Å². The van der Waals surface area contributed by atoms with E-state index in [0.717, 1.165) is 23.1 Å². The number of nitrogens with zero attached hydrogens (tertiary/aromatic N) is 4. The van der Waals surface area contributed by atoms with Gasteiger partial charge < -0.3 is 5.32 Å². The summed E-state index contributed by atoms with van der Waals surface area (Å²) in [6.45, 7) is 5.89. The van der Waals surface area contributed by atoms with E-state index in [1.165, 1.54) is 11.8 Å². The van der Waals surface area contributed by atoms with Crippen LogP contribution in [0, 0.1) is 0 Å². The number of aromatic amines is 1. The van der Waals surface area contributed by atoms with Crippen LogP contribution in [-0.2, 0) is 6.42 Å². The lowest BCUT2D eigenvalue weighted by molar-refractivity contribution is 0.534. The van der Waals surface area contributed by atoms with E-state index in [1.54, 1.807) is 4.57 Å². The summed E-state index contributed by atoms with van der Waals surface area (Å²) in [7, 11) is 1.81. The molecule has 2 N–H and O–H groups in total. The fourth-order valence-electron chi connectivity index (χ4n) is 1.72. The molecule has 0 saturated heterocycles. The van der Waals surface area contributed by atoms with Crippen LogP contribution in [0.4, 0.5) is 5.82 Å². The van der Waals surface area contributed by atoms with Crippen molar-refractivity contribution in [1.82, 2.24) is 24.7 Å². The molecule has 8 heteroatoms. The average Bonchev–Trinajstić information content (AvgIpc) is 2.79. The molecule has 2 rings (SSSR count). The second-order valence-electron chi connectivity index (χ2n) is 4.49. The first-order valence-electron chi connectivity index (χ1n) is 6.45. The molecule has 20 heavy (non-hydrogen) atoms. The van der Waals surface area contributed by atoms with Crippen molar-refractivity contribution in [3.05, 3.63) is 22.4 Å². The highest BCUT2D eigenvalue weighted by Gasteiger charge is 2.14. The topological polar surface area (TPSA) is 88.5 Å². The summed E-state index contributed by atoms with van der Waals surface area (Å²) in [5, 5.41) is 10.9. The molecule has 0 aliphatic rings. The Bertz CT molecular complexity index is 625. The maximum atomic E-state index is 11.7. The van der Waals surface area contributed by atoms with Crippen molar-refractivity contribution in [3.8, 4) is 0 Å². The van der Waals surface area contributed by atoms with Crippen molar-refractivity contribution in [2.45, 2.75) is 43.4 Å². The molecule has 0 bridgehead atoms. The Morgan fingerprint density at radius 2 is 2.20 bits per heavy atom. The van der Waals surface area contributed by atoms with Gasteiger partial charge in [-0.15, -0.1) is 5.10 Å². The molecule has 2 aromatic rings. The Balaban J connectivity index is 2.37. The van der Waals surface area contributed by atoms with Crippen LogP contribution in [0.5, 0.6) is 0 Å². The van der Waals surface area contributed by atoms with Crippen LogP contribution in [0.1, 0.15) is 32.6 Å². The summed E-state index contributed by atoms with van der Waals surface area (Å²) in [6, 6.07) is 1.88. The van der Waals surface area contributed by atoms with Crippen LogP contribution in [0.3, 0.4) is 0 Å². The lowest BCUT2D eigenvalue weighted by Crippen LogP contribution is -2.19. The molecule has 0 radical (unpaired) electrons. The lowest BCUT2D eigenvalue weighted by Gasteiger charge is -2.09. The van der Waals surface area contributed by atoms with E-state index in [1.807, 2.05) is 33.9 Å². The van der Waals surface area contributed by atoms with E-state index >= 15 is 0 Å². The summed E-state index contributed by atoms with van der Waals surface area (Å²) >= 11 is 1.35. The van der Waals surface area contributed by atoms with E-state index in [0.29, 0.717) is 5.16 Å². The third-order valence-electron chi connectivity index (χ3n) is 2.71. The van der Waals surface area contributed by atoms with E-state index in [2.05, 4.69) is 25.5 Å². The van der Waals surface area contributed by atoms with Gasteiger partial charge in [-0.25, -0.2) is 19.9 Å². The minimum atomic E-state index is -0.207. The van der Waals surface area contributed by atoms with Crippen LogP contribution in [-0.4, -0.2) is 31.8 Å². The van der Waals surface area contributed by atoms with Crippen LogP contribution >= 0.6 is 11.8 Å². The van der Waals surface area contributed by atoms with E-state index in [4.69, 9.17) is 0 Å². The number of anilines is 1. The zero-order chi connectivity index (χ0) is 14.7. The van der Waals surface area contributed by atoms with Crippen LogP contribution in [0.2, 0.25) is 0 Å². The minimum Gasteiger partial charge on any atom is -0.373 e. The third kappa shape index (κ3) is 3.01. The molecule has 0 aliphatic heterocycles. The number of hydrogen-bond acceptors (Lipinski definition) is 6. The summed E-state index contributed by atoms with van der Waals surface area (Å²) in [4.78, 5) is 20.5. The van der Waals surface area contributed by atoms with Crippen molar-refractivity contribution in [2.24, 2.45) is 0 Å². The molecule has 0 atom stereocenters. The molecule has 0 aliphatic carbocycles. The van der Waals surface area contributed by atoms with Gasteiger partial charge in [-0.1, -0.05) is 6.92 Å². The van der Waals surface area contributed by atoms with Gasteiger partial charge in [0.2, 0.25) is 0 Å². The first-order chi connectivity index (χ1) is 9.55. The summed E-state index contributed by atoms with van der Waals surface area (Å²) in [5.74, 6) is 1.52. The first kappa shape index (κ1) is 14.6. The molecule has 0 unspecified atom stereocenters. The predicted octanol–water partition coefficient (Wildman–Crippen LogP) is 1.70. The zero-order valence-electron chi connectivity index (χ0n) is 12.0. The molecule has 0 saturated carbocycles. The Kier molecular flexibility index (Phi) is 4.43. The van der Waals surface area contributed by atoms with Crippen molar-refractivity contribution in [3.63, 3.8) is 0 Å². The molecule has 0 spiro atoms. The van der Waals surface area contributed by atoms with Gasteiger partial charge in [0.15, 0.2) is 5.16 Å². The molecule has 2 heterocycles. The van der Waals surface area contributed by atoms with E-state index in [-0.39, 0.29) is 11.7 Å². The third-order valence-corrected chi connectivity index (χ3v) is 3.59. The van der Waals surface area contributed by atoms with Crippen molar-refractivity contribution >= 4 is 17.6 Å². The highest BCUT2D eigenvalue weighted by molar-refractivity contribution is 7.99. The van der Waals surface area contributed by atoms with Crippen molar-refractivity contribution in [2.75, 3.05) is 12.4 Å². The number of nitrogens with one attached hydrogen (secondary N) is 2. The van der Waals surface area contributed by atoms with Crippen LogP contribution in [0.25, 0.3) is 0 Å². The Morgan fingerprint density at radius 1 is 1.45 bits per heavy atom. The maximum Gasteiger partial charge on any atom is 0.344 e. The summed E-state index contributed by atoms with van der Waals surface area (Å²) in [5.41, 5.74) is -0.207. The Labute approximate surface area is 121 Å². The fourth-order valence-corrected chi connectivity index (χ4v) is 2.71. The molecular formula is C12H18N6OS. The zero-order valence-corrected chi connectivity index (χ0v) is 12.8. The van der Waals surface area contributed by atoms with Gasteiger partial charge in [0.25, 0.3) is 0 Å². The Morgan fingerprint density at radius 3 is 2.80 bits per heavy atom. The molecular weight excluding hydrogens is 276 g/mol. The van der Waals surface area contributed by atoms with Crippen molar-refractivity contribution in [1.29, 1.82) is 0 Å². The van der Waals surface area contributed by atoms with Gasteiger partial charge in [-0.3, -0.25) is 4.57 Å². The largest absolute Gasteiger partial charge is 0.373 e. The molecule has 0 amide bonds. The first-order valence-corrected chi connectivity index (χ1v) is 7.27. The summed E-state index contributed by atoms with van der Waals surface area (Å²) < 4.78 is 1.61. The lowest BCUT2D eigenvalue weighted by atomic mass is 10.4. The van der Waals surface area contributed by atoms with Gasteiger partial charge in [-0.05, 0) is 25.6 Å². The molecule has 108 valence electrons. The van der Waals surface area contributed by atoms with E-state index < -0.39 is 0 Å². The van der Waals surface area contributed by atoms with E-state index in [9.17, 15) is 4.79 Å². The summed E-state index contributed by atoms with van der Waals surface area (Å²) in [6.07, 6.45) is 0.751. The highest BCUT2D eigenvalue weighted by Crippen LogP contribution is 2.26. The second kappa shape index (κ2) is 6.08. The van der Waals surface area contributed by atoms with Crippen LogP contribution < -0.4 is 11.0 Å². The van der Waals surface area contributed by atoms with Gasteiger partial charge >= 0.3 is 5.69 Å². The normalized spacial score (nSPS) is 11.1. The van der Waals surface area contributed by atoms with Gasteiger partial charge in [0.05, 0.1) is 0 Å². The smallest absolute Gasteiger partial charge is 0.344 e. The van der Waals surface area contributed by atoms with Gasteiger partial charge in [0, 0.05) is 25.6 Å². The number of aryl methyl sites for hydroxylation is 1. The van der Waals surface area contributed by atoms with Crippen LogP contribution in [0.15, 0.2) is 21.0 Å². The fraction of sp³-hybridized carbons (Fsp3) is 0.500. The second-order valence-corrected chi connectivity index (χ2v) is 5.48. The average molecular weight is 294 g/mol. The minimum absolute atomic E-state index is 0.0417. The molecule has 0 aromatic carbocycles. The SMILES string of the molecule is CCc1nc(NC)cc(Sc2n[nH]c(=O)n2C(C)C)n1. The monoisotopic (exact) mass is 294 g/mol. The molecule has 0 fully saturated rings. The highest BCUT2D eigenvalue weighted by atomic mass is 32.2. The maximum absolute atomic E-state index is 11.7. The standard InChI is InChI=1S/C12H18N6OS/c1-5-8-14-9(13-4)6-10(15-8)20-12-17-16-11(19)18(12)7(2)3/h6-7H,5H2,1-4H3,(H,16,19)(H,13,14,15). The number of H-pyrrole nitrogens is 1. The van der Waals surface area contributed by atoms with Gasteiger partial charge in [0.1, 0.15) is 16.7 Å². The number of hydrogen-bond donors (Lipinski definition) is 2. The number of aromatic nitrogens is 5.